The van der Waals surface area contributed by atoms with Crippen LogP contribution in [0.5, 0.6) is 5.75 Å². The highest BCUT2D eigenvalue weighted by atomic mass is 16.5. The summed E-state index contributed by atoms with van der Waals surface area (Å²) in [5.41, 5.74) is 0.448. The number of hydrogen-bond acceptors (Lipinski definition) is 6. The van der Waals surface area contributed by atoms with E-state index in [9.17, 15) is 14.4 Å². The molecule has 32 heavy (non-hydrogen) atoms. The first-order valence-corrected chi connectivity index (χ1v) is 10.7. The summed E-state index contributed by atoms with van der Waals surface area (Å²) in [5, 5.41) is 7.76. The van der Waals surface area contributed by atoms with Crippen molar-refractivity contribution in [1.82, 2.24) is 24.6 Å². The summed E-state index contributed by atoms with van der Waals surface area (Å²) >= 11 is 0. The predicted octanol–water partition coefficient (Wildman–Crippen LogP) is 2.79. The standard InChI is InChI=1S/C23H29N5O4/c1-6-7-10-23(4,28-12-15(2)17-9-8-11-25-21(17)28)14-27-13-18(32-16(3)29)20(30)19(26-27)22(31)24-5/h8-9,11-13H,6-7,10,14H2,1-5H3,(H,24,31). The minimum atomic E-state index is -0.727. The summed E-state index contributed by atoms with van der Waals surface area (Å²) in [6.45, 7) is 7.81. The van der Waals surface area contributed by atoms with Crippen molar-refractivity contribution in [2.45, 2.75) is 59.0 Å². The molecule has 0 aliphatic heterocycles. The predicted molar refractivity (Wildman–Crippen MR) is 121 cm³/mol. The van der Waals surface area contributed by atoms with Crippen molar-refractivity contribution >= 4 is 22.9 Å². The van der Waals surface area contributed by atoms with Gasteiger partial charge in [-0.2, -0.15) is 5.10 Å². The molecule has 0 saturated carbocycles. The molecule has 1 unspecified atom stereocenters. The summed E-state index contributed by atoms with van der Waals surface area (Å²) < 4.78 is 8.73. The van der Waals surface area contributed by atoms with Gasteiger partial charge in [0.15, 0.2) is 11.4 Å². The van der Waals surface area contributed by atoms with Crippen LogP contribution in [0, 0.1) is 6.92 Å². The summed E-state index contributed by atoms with van der Waals surface area (Å²) in [4.78, 5) is 41.0. The van der Waals surface area contributed by atoms with Gasteiger partial charge in [-0.05, 0) is 38.0 Å². The Kier molecular flexibility index (Phi) is 6.76. The number of ether oxygens (including phenoxy) is 1. The summed E-state index contributed by atoms with van der Waals surface area (Å²) in [7, 11) is 1.41. The zero-order valence-corrected chi connectivity index (χ0v) is 19.1. The summed E-state index contributed by atoms with van der Waals surface area (Å²) in [5.74, 6) is -1.51. The highest BCUT2D eigenvalue weighted by molar-refractivity contribution is 5.92. The minimum Gasteiger partial charge on any atom is -0.421 e. The first kappa shape index (κ1) is 23.2. The van der Waals surface area contributed by atoms with Gasteiger partial charge in [0.2, 0.25) is 0 Å². The largest absolute Gasteiger partial charge is 0.421 e. The van der Waals surface area contributed by atoms with Gasteiger partial charge in [-0.25, -0.2) is 4.98 Å². The topological polar surface area (TPSA) is 108 Å². The number of fused-ring (bicyclic) bond motifs is 1. The molecular weight excluding hydrogens is 410 g/mol. The minimum absolute atomic E-state index is 0.226. The molecule has 3 rings (SSSR count). The molecule has 0 bridgehead atoms. The molecule has 0 aliphatic carbocycles. The SMILES string of the molecule is CCCCC(C)(Cn1cc(OC(C)=O)c(=O)c(C(=O)NC)n1)n1cc(C)c2cccnc21. The van der Waals surface area contributed by atoms with Gasteiger partial charge in [0.25, 0.3) is 11.3 Å². The second-order valence-electron chi connectivity index (χ2n) is 8.20. The van der Waals surface area contributed by atoms with Crippen LogP contribution in [0.3, 0.4) is 0 Å². The lowest BCUT2D eigenvalue weighted by atomic mass is 9.94. The van der Waals surface area contributed by atoms with Crippen LogP contribution in [0.1, 0.15) is 56.1 Å². The fraction of sp³-hybridized carbons (Fsp3) is 0.435. The van der Waals surface area contributed by atoms with Gasteiger partial charge >= 0.3 is 5.97 Å². The van der Waals surface area contributed by atoms with E-state index in [1.807, 2.05) is 19.1 Å². The zero-order valence-electron chi connectivity index (χ0n) is 19.1. The molecule has 1 N–H and O–H groups in total. The van der Waals surface area contributed by atoms with Crippen LogP contribution in [0.15, 0.2) is 35.5 Å². The Hall–Kier alpha value is -3.49. The molecule has 170 valence electrons. The Bertz CT molecular complexity index is 1210. The molecule has 0 spiro atoms. The number of pyridine rings is 1. The van der Waals surface area contributed by atoms with Crippen molar-refractivity contribution in [2.24, 2.45) is 0 Å². The van der Waals surface area contributed by atoms with Gasteiger partial charge in [0.1, 0.15) is 5.65 Å². The van der Waals surface area contributed by atoms with E-state index in [2.05, 4.69) is 40.0 Å². The molecule has 3 aromatic heterocycles. The highest BCUT2D eigenvalue weighted by Crippen LogP contribution is 2.31. The van der Waals surface area contributed by atoms with E-state index in [4.69, 9.17) is 4.74 Å². The van der Waals surface area contributed by atoms with Gasteiger partial charge < -0.3 is 14.6 Å². The van der Waals surface area contributed by atoms with E-state index in [1.54, 1.807) is 6.20 Å². The maximum atomic E-state index is 12.6. The van der Waals surface area contributed by atoms with E-state index < -0.39 is 22.8 Å². The monoisotopic (exact) mass is 439 g/mol. The average Bonchev–Trinajstić information content (AvgIpc) is 3.11. The maximum absolute atomic E-state index is 12.6. The quantitative estimate of drug-likeness (QED) is 0.541. The normalized spacial score (nSPS) is 13.0. The van der Waals surface area contributed by atoms with Crippen molar-refractivity contribution in [3.8, 4) is 5.75 Å². The highest BCUT2D eigenvalue weighted by Gasteiger charge is 2.30. The van der Waals surface area contributed by atoms with Gasteiger partial charge in [-0.15, -0.1) is 0 Å². The first-order chi connectivity index (χ1) is 15.2. The third-order valence-corrected chi connectivity index (χ3v) is 5.54. The van der Waals surface area contributed by atoms with Crippen molar-refractivity contribution in [1.29, 1.82) is 0 Å². The molecule has 0 radical (unpaired) electrons. The number of amides is 1. The van der Waals surface area contributed by atoms with Crippen LogP contribution >= 0.6 is 0 Å². The van der Waals surface area contributed by atoms with E-state index in [1.165, 1.54) is 24.9 Å². The molecule has 3 aromatic rings. The van der Waals surface area contributed by atoms with Crippen LogP contribution < -0.4 is 15.5 Å². The Labute approximate surface area is 186 Å². The lowest BCUT2D eigenvalue weighted by molar-refractivity contribution is -0.132. The molecule has 3 heterocycles. The molecule has 0 aromatic carbocycles. The van der Waals surface area contributed by atoms with Gasteiger partial charge in [0, 0.05) is 31.8 Å². The molecule has 0 aliphatic rings. The van der Waals surface area contributed by atoms with E-state index >= 15 is 0 Å². The number of carbonyl (C=O) groups is 2. The number of rotatable bonds is 8. The number of aromatic nitrogens is 4. The second kappa shape index (κ2) is 9.33. The van der Waals surface area contributed by atoms with E-state index in [0.29, 0.717) is 6.54 Å². The van der Waals surface area contributed by atoms with E-state index in [-0.39, 0.29) is 11.4 Å². The number of esters is 1. The number of carbonyl (C=O) groups excluding carboxylic acids is 2. The average molecular weight is 440 g/mol. The first-order valence-electron chi connectivity index (χ1n) is 10.7. The van der Waals surface area contributed by atoms with Crippen LogP contribution in [0.25, 0.3) is 11.0 Å². The van der Waals surface area contributed by atoms with Gasteiger partial charge in [0.05, 0.1) is 18.3 Å². The molecule has 0 saturated heterocycles. The molecule has 1 amide bonds. The number of unbranched alkanes of at least 4 members (excludes halogenated alkanes) is 1. The van der Waals surface area contributed by atoms with Gasteiger partial charge in [-0.3, -0.25) is 19.1 Å². The van der Waals surface area contributed by atoms with Crippen LogP contribution in [-0.4, -0.2) is 38.3 Å². The lowest BCUT2D eigenvalue weighted by Gasteiger charge is -2.33. The lowest BCUT2D eigenvalue weighted by Crippen LogP contribution is -2.38. The van der Waals surface area contributed by atoms with Crippen molar-refractivity contribution < 1.29 is 14.3 Å². The second-order valence-corrected chi connectivity index (χ2v) is 8.20. The molecule has 9 nitrogen and oxygen atoms in total. The zero-order chi connectivity index (χ0) is 23.5. The maximum Gasteiger partial charge on any atom is 0.308 e. The fourth-order valence-corrected chi connectivity index (χ4v) is 3.90. The Morgan fingerprint density at radius 1 is 1.28 bits per heavy atom. The summed E-state index contributed by atoms with van der Waals surface area (Å²) in [6, 6.07) is 3.95. The molecular formula is C23H29N5O4. The van der Waals surface area contributed by atoms with Gasteiger partial charge in [-0.1, -0.05) is 19.8 Å². The van der Waals surface area contributed by atoms with Crippen LogP contribution in [-0.2, 0) is 16.9 Å². The summed E-state index contributed by atoms with van der Waals surface area (Å²) in [6.07, 6.45) is 7.99. The van der Waals surface area contributed by atoms with E-state index in [0.717, 1.165) is 35.9 Å². The number of nitrogens with one attached hydrogen (secondary N) is 1. The Morgan fingerprint density at radius 3 is 2.69 bits per heavy atom. The fourth-order valence-electron chi connectivity index (χ4n) is 3.90. The van der Waals surface area contributed by atoms with Crippen LogP contribution in [0.4, 0.5) is 0 Å². The molecule has 1 atom stereocenters. The third kappa shape index (κ3) is 4.56. The third-order valence-electron chi connectivity index (χ3n) is 5.54. The van der Waals surface area contributed by atoms with Crippen molar-refractivity contribution in [3.05, 3.63) is 52.2 Å². The number of nitrogens with zero attached hydrogens (tertiary/aromatic N) is 4. The van der Waals surface area contributed by atoms with Crippen LogP contribution in [0.2, 0.25) is 0 Å². The number of aryl methyl sites for hydroxylation is 1. The molecule has 0 fully saturated rings. The van der Waals surface area contributed by atoms with Crippen molar-refractivity contribution in [2.75, 3.05) is 7.05 Å². The smallest absolute Gasteiger partial charge is 0.308 e. The Morgan fingerprint density at radius 2 is 2.03 bits per heavy atom. The number of hydrogen-bond donors (Lipinski definition) is 1. The molecule has 9 heteroatoms. The Balaban J connectivity index is 2.15. The van der Waals surface area contributed by atoms with Crippen molar-refractivity contribution in [3.63, 3.8) is 0 Å².